The molecule has 0 spiro atoms. The molecule has 0 N–H and O–H groups in total. The lowest BCUT2D eigenvalue weighted by molar-refractivity contribution is -0.140. The third-order valence-electron chi connectivity index (χ3n) is 2.01. The van der Waals surface area contributed by atoms with Crippen LogP contribution in [-0.2, 0) is 33.3 Å². The van der Waals surface area contributed by atoms with Gasteiger partial charge in [-0.05, 0) is 0 Å². The van der Waals surface area contributed by atoms with Crippen molar-refractivity contribution in [2.24, 2.45) is 0 Å². The molecule has 0 saturated heterocycles. The SMILES string of the molecule is C=CC(=O)OCCOCCOCC=CC(=O)OCCOC. The number of methoxy groups -OCH3 is 1. The summed E-state index contributed by atoms with van der Waals surface area (Å²) >= 11 is 0. The third-order valence-corrected chi connectivity index (χ3v) is 2.01. The molecule has 0 aromatic rings. The molecule has 0 aliphatic rings. The van der Waals surface area contributed by atoms with E-state index >= 15 is 0 Å². The van der Waals surface area contributed by atoms with Crippen molar-refractivity contribution in [3.8, 4) is 0 Å². The van der Waals surface area contributed by atoms with Crippen molar-refractivity contribution in [1.29, 1.82) is 0 Å². The summed E-state index contributed by atoms with van der Waals surface area (Å²) in [7, 11) is 1.53. The van der Waals surface area contributed by atoms with Gasteiger partial charge in [0.2, 0.25) is 0 Å². The molecule has 0 heterocycles. The van der Waals surface area contributed by atoms with Crippen LogP contribution in [0, 0.1) is 0 Å². The van der Waals surface area contributed by atoms with Crippen LogP contribution in [0.5, 0.6) is 0 Å². The summed E-state index contributed by atoms with van der Waals surface area (Å²) in [5.74, 6) is -0.909. The fourth-order valence-corrected chi connectivity index (χ4v) is 1.05. The molecule has 0 aromatic carbocycles. The molecule has 0 aliphatic heterocycles. The molecule has 21 heavy (non-hydrogen) atoms. The zero-order valence-electron chi connectivity index (χ0n) is 12.2. The Kier molecular flexibility index (Phi) is 13.5. The van der Waals surface area contributed by atoms with Gasteiger partial charge < -0.3 is 23.7 Å². The Morgan fingerprint density at radius 3 is 2.24 bits per heavy atom. The molecule has 0 fully saturated rings. The first kappa shape index (κ1) is 19.3. The van der Waals surface area contributed by atoms with E-state index in [1.54, 1.807) is 6.08 Å². The summed E-state index contributed by atoms with van der Waals surface area (Å²) in [6.45, 7) is 5.37. The molecular weight excluding hydrogens is 280 g/mol. The Bertz CT molecular complexity index is 325. The molecular formula is C14H22O7. The number of esters is 2. The molecule has 7 nitrogen and oxygen atoms in total. The normalized spacial score (nSPS) is 10.5. The number of hydrogen-bond acceptors (Lipinski definition) is 7. The van der Waals surface area contributed by atoms with Crippen LogP contribution in [0.25, 0.3) is 0 Å². The maximum absolute atomic E-state index is 11.1. The highest BCUT2D eigenvalue weighted by Gasteiger charge is 1.96. The quantitative estimate of drug-likeness (QED) is 0.278. The molecule has 7 heteroatoms. The average Bonchev–Trinajstić information content (AvgIpc) is 2.49. The Morgan fingerprint density at radius 1 is 0.905 bits per heavy atom. The Morgan fingerprint density at radius 2 is 1.52 bits per heavy atom. The van der Waals surface area contributed by atoms with Gasteiger partial charge in [-0.2, -0.15) is 0 Å². The first-order valence-electron chi connectivity index (χ1n) is 6.47. The number of carbonyl (C=O) groups is 2. The second-order valence-electron chi connectivity index (χ2n) is 3.62. The van der Waals surface area contributed by atoms with Gasteiger partial charge in [-0.3, -0.25) is 0 Å². The van der Waals surface area contributed by atoms with Gasteiger partial charge in [-0.15, -0.1) is 0 Å². The molecule has 0 unspecified atom stereocenters. The monoisotopic (exact) mass is 302 g/mol. The minimum Gasteiger partial charge on any atom is -0.460 e. The third kappa shape index (κ3) is 14.5. The van der Waals surface area contributed by atoms with E-state index < -0.39 is 11.9 Å². The van der Waals surface area contributed by atoms with Gasteiger partial charge in [0, 0.05) is 19.3 Å². The van der Waals surface area contributed by atoms with Crippen LogP contribution in [0.4, 0.5) is 0 Å². The predicted octanol–water partition coefficient (Wildman–Crippen LogP) is 0.495. The first-order chi connectivity index (χ1) is 10.2. The molecule has 0 radical (unpaired) electrons. The minimum atomic E-state index is -0.475. The summed E-state index contributed by atoms with van der Waals surface area (Å²) in [6.07, 6.45) is 3.95. The molecule has 0 rings (SSSR count). The van der Waals surface area contributed by atoms with E-state index in [9.17, 15) is 9.59 Å². The summed E-state index contributed by atoms with van der Waals surface area (Å²) in [6, 6.07) is 0. The zero-order chi connectivity index (χ0) is 15.8. The standard InChI is InChI=1S/C14H22O7/c1-3-13(15)20-12-10-19-9-8-18-6-4-5-14(16)21-11-7-17-2/h3-5H,1,6-12H2,2H3. The molecule has 0 saturated carbocycles. The predicted molar refractivity (Wildman–Crippen MR) is 74.8 cm³/mol. The highest BCUT2D eigenvalue weighted by molar-refractivity contribution is 5.81. The molecule has 120 valence electrons. The molecule has 0 aromatic heterocycles. The lowest BCUT2D eigenvalue weighted by Crippen LogP contribution is -2.11. The lowest BCUT2D eigenvalue weighted by Gasteiger charge is -2.04. The summed E-state index contributed by atoms with van der Waals surface area (Å²) in [4.78, 5) is 21.8. The maximum atomic E-state index is 11.1. The van der Waals surface area contributed by atoms with Gasteiger partial charge in [-0.1, -0.05) is 12.7 Å². The van der Waals surface area contributed by atoms with Gasteiger partial charge >= 0.3 is 11.9 Å². The number of rotatable bonds is 13. The number of hydrogen-bond donors (Lipinski definition) is 0. The van der Waals surface area contributed by atoms with Crippen LogP contribution < -0.4 is 0 Å². The van der Waals surface area contributed by atoms with Gasteiger partial charge in [0.05, 0.1) is 33.0 Å². The first-order valence-corrected chi connectivity index (χ1v) is 6.47. The van der Waals surface area contributed by atoms with E-state index in [4.69, 9.17) is 23.7 Å². The van der Waals surface area contributed by atoms with E-state index in [0.29, 0.717) is 26.4 Å². The largest absolute Gasteiger partial charge is 0.460 e. The van der Waals surface area contributed by atoms with Crippen LogP contribution in [0.2, 0.25) is 0 Å². The smallest absolute Gasteiger partial charge is 0.330 e. The van der Waals surface area contributed by atoms with Crippen LogP contribution in [0.1, 0.15) is 0 Å². The topological polar surface area (TPSA) is 80.3 Å². The van der Waals surface area contributed by atoms with Crippen molar-refractivity contribution in [2.75, 3.05) is 53.4 Å². The van der Waals surface area contributed by atoms with Crippen LogP contribution in [0.3, 0.4) is 0 Å². The van der Waals surface area contributed by atoms with Gasteiger partial charge in [0.25, 0.3) is 0 Å². The van der Waals surface area contributed by atoms with Crippen LogP contribution in [0.15, 0.2) is 24.8 Å². The van der Waals surface area contributed by atoms with E-state index in [-0.39, 0.29) is 19.8 Å². The fourth-order valence-electron chi connectivity index (χ4n) is 1.05. The maximum Gasteiger partial charge on any atom is 0.330 e. The second kappa shape index (κ2) is 14.7. The summed E-state index contributed by atoms with van der Waals surface area (Å²) < 4.78 is 24.6. The Hall–Kier alpha value is -1.70. The van der Waals surface area contributed by atoms with Crippen LogP contribution in [-0.4, -0.2) is 65.3 Å². The molecule has 0 aliphatic carbocycles. The average molecular weight is 302 g/mol. The summed E-state index contributed by atoms with van der Waals surface area (Å²) in [5.41, 5.74) is 0. The van der Waals surface area contributed by atoms with Gasteiger partial charge in [0.15, 0.2) is 0 Å². The second-order valence-corrected chi connectivity index (χ2v) is 3.62. The van der Waals surface area contributed by atoms with Crippen LogP contribution >= 0.6 is 0 Å². The lowest BCUT2D eigenvalue weighted by atomic mass is 10.5. The Balaban J connectivity index is 3.29. The highest BCUT2D eigenvalue weighted by Crippen LogP contribution is 1.86. The molecule has 0 atom stereocenters. The van der Waals surface area contributed by atoms with E-state index in [1.807, 2.05) is 0 Å². The van der Waals surface area contributed by atoms with Crippen molar-refractivity contribution in [2.45, 2.75) is 0 Å². The van der Waals surface area contributed by atoms with Gasteiger partial charge in [0.1, 0.15) is 13.2 Å². The zero-order valence-corrected chi connectivity index (χ0v) is 12.2. The Labute approximate surface area is 124 Å². The minimum absolute atomic E-state index is 0.179. The fraction of sp³-hybridized carbons (Fsp3) is 0.571. The van der Waals surface area contributed by atoms with Crippen molar-refractivity contribution < 1.29 is 33.3 Å². The van der Waals surface area contributed by atoms with E-state index in [0.717, 1.165) is 6.08 Å². The van der Waals surface area contributed by atoms with Crippen molar-refractivity contribution in [3.63, 3.8) is 0 Å². The van der Waals surface area contributed by atoms with E-state index in [2.05, 4.69) is 6.58 Å². The summed E-state index contributed by atoms with van der Waals surface area (Å²) in [5, 5.41) is 0. The van der Waals surface area contributed by atoms with Crippen molar-refractivity contribution in [1.82, 2.24) is 0 Å². The highest BCUT2D eigenvalue weighted by atomic mass is 16.6. The van der Waals surface area contributed by atoms with Crippen molar-refractivity contribution in [3.05, 3.63) is 24.8 Å². The molecule has 0 amide bonds. The molecule has 0 bridgehead atoms. The number of carbonyl (C=O) groups excluding carboxylic acids is 2. The van der Waals surface area contributed by atoms with E-state index in [1.165, 1.54) is 13.2 Å². The van der Waals surface area contributed by atoms with Crippen molar-refractivity contribution >= 4 is 11.9 Å². The number of ether oxygens (including phenoxy) is 5. The van der Waals surface area contributed by atoms with Gasteiger partial charge in [-0.25, -0.2) is 9.59 Å².